The molecule has 0 amide bonds. The molecule has 0 saturated heterocycles. The number of hydrogen-bond acceptors (Lipinski definition) is 3. The lowest BCUT2D eigenvalue weighted by Crippen LogP contribution is -2.24. The Bertz CT molecular complexity index is 922. The van der Waals surface area contributed by atoms with Crippen LogP contribution >= 0.6 is 0 Å². The second kappa shape index (κ2) is 8.33. The molecular weight excluding hydrogens is 358 g/mol. The Kier molecular flexibility index (Phi) is 5.80. The van der Waals surface area contributed by atoms with Gasteiger partial charge in [0.25, 0.3) is 5.56 Å². The molecule has 1 fully saturated rings. The molecule has 1 saturated carbocycles. The number of nitrogens with zero attached hydrogens (tertiary/aromatic N) is 2. The summed E-state index contributed by atoms with van der Waals surface area (Å²) in [6.07, 6.45) is 9.93. The number of unbranched alkanes of at least 4 members (excludes halogenated alkanes) is 1. The van der Waals surface area contributed by atoms with Gasteiger partial charge in [0.2, 0.25) is 0 Å². The number of nitrogens with one attached hydrogen (secondary N) is 1. The van der Waals surface area contributed by atoms with Crippen LogP contribution in [0.2, 0.25) is 0 Å². The van der Waals surface area contributed by atoms with Crippen LogP contribution in [0.25, 0.3) is 11.3 Å². The molecule has 29 heavy (non-hydrogen) atoms. The Hall–Kier alpha value is -2.10. The van der Waals surface area contributed by atoms with Crippen LogP contribution in [0.15, 0.2) is 29.1 Å². The molecule has 0 radical (unpaired) electrons. The zero-order valence-corrected chi connectivity index (χ0v) is 18.3. The fourth-order valence-electron chi connectivity index (χ4n) is 5.20. The normalized spacial score (nSPS) is 17.9. The third-order valence-electron chi connectivity index (χ3n) is 6.95. The zero-order chi connectivity index (χ0) is 20.4. The van der Waals surface area contributed by atoms with Gasteiger partial charge < -0.3 is 5.32 Å². The predicted octanol–water partition coefficient (Wildman–Crippen LogP) is 5.75. The fourth-order valence-corrected chi connectivity index (χ4v) is 5.20. The summed E-state index contributed by atoms with van der Waals surface area (Å²) in [7, 11) is 0. The topological polar surface area (TPSA) is 46.9 Å². The highest BCUT2D eigenvalue weighted by Crippen LogP contribution is 2.46. The van der Waals surface area contributed by atoms with E-state index in [-0.39, 0.29) is 11.5 Å². The first kappa shape index (κ1) is 20.2. The van der Waals surface area contributed by atoms with Crippen molar-refractivity contribution < 1.29 is 0 Å². The Morgan fingerprint density at radius 1 is 1.17 bits per heavy atom. The van der Waals surface area contributed by atoms with Crippen molar-refractivity contribution in [3.8, 4) is 11.3 Å². The zero-order valence-electron chi connectivity index (χ0n) is 18.3. The maximum atomic E-state index is 12.6. The van der Waals surface area contributed by atoms with Crippen LogP contribution in [0.4, 0.5) is 5.69 Å². The first-order valence-corrected chi connectivity index (χ1v) is 11.5. The monoisotopic (exact) mass is 393 g/mol. The van der Waals surface area contributed by atoms with Gasteiger partial charge in [0.15, 0.2) is 0 Å². The minimum Gasteiger partial charge on any atom is -0.385 e. The molecule has 1 aromatic heterocycles. The van der Waals surface area contributed by atoms with Crippen LogP contribution in [0.5, 0.6) is 0 Å². The third kappa shape index (κ3) is 4.12. The summed E-state index contributed by atoms with van der Waals surface area (Å²) in [5, 5.41) is 8.51. The number of rotatable bonds is 5. The predicted molar refractivity (Wildman–Crippen MR) is 121 cm³/mol. The molecule has 2 heterocycles. The third-order valence-corrected chi connectivity index (χ3v) is 6.95. The van der Waals surface area contributed by atoms with E-state index < -0.39 is 0 Å². The van der Waals surface area contributed by atoms with Crippen LogP contribution in [0, 0.1) is 5.41 Å². The summed E-state index contributed by atoms with van der Waals surface area (Å²) in [5.41, 5.74) is 6.38. The van der Waals surface area contributed by atoms with Crippen molar-refractivity contribution in [3.63, 3.8) is 0 Å². The van der Waals surface area contributed by atoms with E-state index in [0.717, 1.165) is 42.6 Å². The Morgan fingerprint density at radius 2 is 1.97 bits per heavy atom. The molecule has 2 aromatic rings. The Labute approximate surface area is 174 Å². The van der Waals surface area contributed by atoms with Gasteiger partial charge in [-0.15, -0.1) is 0 Å². The van der Waals surface area contributed by atoms with Gasteiger partial charge in [-0.25, -0.2) is 4.68 Å². The SMILES string of the molecule is CCCCn1nc(-c2ccc3c(c2)CC2(CCCC2)CCN3)c(C(C)C)cc1=O. The highest BCUT2D eigenvalue weighted by Gasteiger charge is 2.35. The number of anilines is 1. The second-order valence-corrected chi connectivity index (χ2v) is 9.45. The standard InChI is InChI=1S/C25H35N3O/c1-4-5-14-28-23(29)16-21(18(2)3)24(27-28)19-8-9-22-20(15-19)17-25(12-13-26-22)10-6-7-11-25/h8-9,15-16,18,26H,4-7,10-14,17H2,1-3H3. The maximum Gasteiger partial charge on any atom is 0.267 e. The summed E-state index contributed by atoms with van der Waals surface area (Å²) in [5.74, 6) is 0.268. The van der Waals surface area contributed by atoms with E-state index in [1.807, 2.05) is 6.07 Å². The Morgan fingerprint density at radius 3 is 2.69 bits per heavy atom. The van der Waals surface area contributed by atoms with Crippen molar-refractivity contribution in [1.29, 1.82) is 0 Å². The van der Waals surface area contributed by atoms with Crippen molar-refractivity contribution in [2.75, 3.05) is 11.9 Å². The summed E-state index contributed by atoms with van der Waals surface area (Å²) in [6.45, 7) is 8.20. The van der Waals surface area contributed by atoms with Crippen LogP contribution < -0.4 is 10.9 Å². The average Bonchev–Trinajstić information content (AvgIpc) is 3.07. The van der Waals surface area contributed by atoms with E-state index in [9.17, 15) is 4.79 Å². The molecule has 2 aliphatic rings. The van der Waals surface area contributed by atoms with Gasteiger partial charge in [-0.05, 0) is 66.7 Å². The first-order valence-electron chi connectivity index (χ1n) is 11.5. The average molecular weight is 394 g/mol. The summed E-state index contributed by atoms with van der Waals surface area (Å²) >= 11 is 0. The molecule has 1 spiro atoms. The molecule has 0 atom stereocenters. The lowest BCUT2D eigenvalue weighted by atomic mass is 9.77. The fraction of sp³-hybridized carbons (Fsp3) is 0.600. The van der Waals surface area contributed by atoms with Gasteiger partial charge in [-0.3, -0.25) is 4.79 Å². The van der Waals surface area contributed by atoms with Crippen molar-refractivity contribution in [3.05, 3.63) is 45.7 Å². The molecule has 1 N–H and O–H groups in total. The van der Waals surface area contributed by atoms with E-state index >= 15 is 0 Å². The Balaban J connectivity index is 1.76. The number of benzene rings is 1. The van der Waals surface area contributed by atoms with Gasteiger partial charge in [0.05, 0.1) is 5.69 Å². The number of aryl methyl sites for hydroxylation is 1. The van der Waals surface area contributed by atoms with Gasteiger partial charge >= 0.3 is 0 Å². The molecule has 4 nitrogen and oxygen atoms in total. The second-order valence-electron chi connectivity index (χ2n) is 9.45. The molecule has 4 heteroatoms. The van der Waals surface area contributed by atoms with E-state index in [2.05, 4.69) is 44.3 Å². The number of fused-ring (bicyclic) bond motifs is 1. The molecule has 0 bridgehead atoms. The number of hydrogen-bond donors (Lipinski definition) is 1. The highest BCUT2D eigenvalue weighted by molar-refractivity contribution is 5.69. The first-order chi connectivity index (χ1) is 14.0. The highest BCUT2D eigenvalue weighted by atomic mass is 16.1. The minimum atomic E-state index is 0.0206. The van der Waals surface area contributed by atoms with E-state index in [1.54, 1.807) is 4.68 Å². The molecule has 1 aliphatic heterocycles. The molecule has 4 rings (SSSR count). The van der Waals surface area contributed by atoms with E-state index in [0.29, 0.717) is 12.0 Å². The van der Waals surface area contributed by atoms with Gasteiger partial charge in [0, 0.05) is 30.4 Å². The largest absolute Gasteiger partial charge is 0.385 e. The van der Waals surface area contributed by atoms with Crippen molar-refractivity contribution in [2.45, 2.75) is 84.6 Å². The van der Waals surface area contributed by atoms with Crippen molar-refractivity contribution in [1.82, 2.24) is 9.78 Å². The summed E-state index contributed by atoms with van der Waals surface area (Å²) in [4.78, 5) is 12.6. The van der Waals surface area contributed by atoms with Gasteiger partial charge in [-0.1, -0.05) is 46.1 Å². The molecule has 156 valence electrons. The van der Waals surface area contributed by atoms with Crippen molar-refractivity contribution in [2.24, 2.45) is 5.41 Å². The van der Waals surface area contributed by atoms with Gasteiger partial charge in [0.1, 0.15) is 0 Å². The minimum absolute atomic E-state index is 0.0206. The van der Waals surface area contributed by atoms with Crippen LogP contribution in [0.1, 0.15) is 82.8 Å². The van der Waals surface area contributed by atoms with Gasteiger partial charge in [-0.2, -0.15) is 5.10 Å². The molecule has 1 aliphatic carbocycles. The lowest BCUT2D eigenvalue weighted by molar-refractivity contribution is 0.282. The van der Waals surface area contributed by atoms with E-state index in [1.165, 1.54) is 43.4 Å². The maximum absolute atomic E-state index is 12.6. The molecule has 0 unspecified atom stereocenters. The quantitative estimate of drug-likeness (QED) is 0.703. The van der Waals surface area contributed by atoms with Crippen LogP contribution in [0.3, 0.4) is 0 Å². The number of aromatic nitrogens is 2. The lowest BCUT2D eigenvalue weighted by Gasteiger charge is -2.27. The summed E-state index contributed by atoms with van der Waals surface area (Å²) in [6, 6.07) is 8.56. The summed E-state index contributed by atoms with van der Waals surface area (Å²) < 4.78 is 1.66. The van der Waals surface area contributed by atoms with Crippen molar-refractivity contribution >= 4 is 5.69 Å². The van der Waals surface area contributed by atoms with Crippen LogP contribution in [-0.4, -0.2) is 16.3 Å². The molecular formula is C25H35N3O. The van der Waals surface area contributed by atoms with Crippen LogP contribution in [-0.2, 0) is 13.0 Å². The smallest absolute Gasteiger partial charge is 0.267 e. The molecule has 1 aromatic carbocycles. The van der Waals surface area contributed by atoms with E-state index in [4.69, 9.17) is 5.10 Å².